The lowest BCUT2D eigenvalue weighted by molar-refractivity contribution is -0.384. The number of carbonyl (C=O) groups is 1. The van der Waals surface area contributed by atoms with Crippen molar-refractivity contribution in [1.82, 2.24) is 10.2 Å². The smallest absolute Gasteiger partial charge is 0.291 e. The van der Waals surface area contributed by atoms with E-state index in [1.807, 2.05) is 0 Å². The maximum Gasteiger partial charge on any atom is 0.291 e. The van der Waals surface area contributed by atoms with Crippen LogP contribution in [0.15, 0.2) is 22.5 Å². The fourth-order valence-electron chi connectivity index (χ4n) is 1.41. The molecule has 1 aromatic carbocycles. The van der Waals surface area contributed by atoms with Crippen LogP contribution in [0.5, 0.6) is 0 Å². The fraction of sp³-hybridized carbons (Fsp3) is 0.100. The SMILES string of the molecule is CC(=O)Nc1nnc(S(=O)(=O)Nc2cc([N+](=O)[O-])ccc2Cl)s1. The Balaban J connectivity index is 2.31. The second-order valence-electron chi connectivity index (χ2n) is 4.08. The van der Waals surface area contributed by atoms with E-state index in [1.54, 1.807) is 0 Å². The lowest BCUT2D eigenvalue weighted by Gasteiger charge is -2.06. The van der Waals surface area contributed by atoms with E-state index in [9.17, 15) is 23.3 Å². The molecule has 2 N–H and O–H groups in total. The quantitative estimate of drug-likeness (QED) is 0.459. The van der Waals surface area contributed by atoms with Crippen molar-refractivity contribution in [3.63, 3.8) is 0 Å². The highest BCUT2D eigenvalue weighted by Crippen LogP contribution is 2.29. The van der Waals surface area contributed by atoms with E-state index in [4.69, 9.17) is 11.6 Å². The Morgan fingerprint density at radius 1 is 1.39 bits per heavy atom. The van der Waals surface area contributed by atoms with E-state index in [-0.39, 0.29) is 21.5 Å². The highest BCUT2D eigenvalue weighted by Gasteiger charge is 2.23. The lowest BCUT2D eigenvalue weighted by atomic mass is 10.3. The largest absolute Gasteiger partial charge is 0.301 e. The zero-order valence-electron chi connectivity index (χ0n) is 11.3. The summed E-state index contributed by atoms with van der Waals surface area (Å²) in [4.78, 5) is 20.9. The van der Waals surface area contributed by atoms with Gasteiger partial charge in [0.25, 0.3) is 20.1 Å². The summed E-state index contributed by atoms with van der Waals surface area (Å²) in [5.74, 6) is -0.431. The monoisotopic (exact) mass is 377 g/mol. The lowest BCUT2D eigenvalue weighted by Crippen LogP contribution is -2.13. The van der Waals surface area contributed by atoms with Crippen molar-refractivity contribution in [2.45, 2.75) is 11.3 Å². The highest BCUT2D eigenvalue weighted by atomic mass is 35.5. The third kappa shape index (κ3) is 4.12. The summed E-state index contributed by atoms with van der Waals surface area (Å²) in [6.45, 7) is 1.23. The number of nitrogens with one attached hydrogen (secondary N) is 2. The van der Waals surface area contributed by atoms with Crippen molar-refractivity contribution in [1.29, 1.82) is 0 Å². The van der Waals surface area contributed by atoms with Gasteiger partial charge in [0.1, 0.15) is 0 Å². The van der Waals surface area contributed by atoms with Crippen molar-refractivity contribution in [3.8, 4) is 0 Å². The van der Waals surface area contributed by atoms with Crippen LogP contribution >= 0.6 is 22.9 Å². The van der Waals surface area contributed by atoms with Gasteiger partial charge in [-0.2, -0.15) is 8.42 Å². The molecule has 23 heavy (non-hydrogen) atoms. The van der Waals surface area contributed by atoms with Crippen LogP contribution in [0.25, 0.3) is 0 Å². The molecule has 10 nitrogen and oxygen atoms in total. The maximum atomic E-state index is 12.2. The normalized spacial score (nSPS) is 11.0. The van der Waals surface area contributed by atoms with E-state index < -0.39 is 25.2 Å². The van der Waals surface area contributed by atoms with Gasteiger partial charge < -0.3 is 5.32 Å². The standard InChI is InChI=1S/C10H8ClN5O5S2/c1-5(17)12-9-13-14-10(22-9)23(20,21)15-8-4-6(16(18)19)2-3-7(8)11/h2-4,15H,1H3,(H,12,13,17). The summed E-state index contributed by atoms with van der Waals surface area (Å²) < 4.78 is 26.0. The van der Waals surface area contributed by atoms with Gasteiger partial charge in [-0.1, -0.05) is 22.9 Å². The number of non-ortho nitro benzene ring substituents is 1. The Morgan fingerprint density at radius 2 is 2.09 bits per heavy atom. The average molecular weight is 378 g/mol. The van der Waals surface area contributed by atoms with Crippen LogP contribution in [0.3, 0.4) is 0 Å². The minimum atomic E-state index is -4.16. The van der Waals surface area contributed by atoms with Crippen molar-refractivity contribution in [2.24, 2.45) is 0 Å². The number of benzene rings is 1. The number of halogens is 1. The predicted octanol–water partition coefficient (Wildman–Crippen LogP) is 1.86. The number of sulfonamides is 1. The molecule has 0 saturated carbocycles. The molecule has 0 saturated heterocycles. The summed E-state index contributed by atoms with van der Waals surface area (Å²) in [6.07, 6.45) is 0. The minimum Gasteiger partial charge on any atom is -0.301 e. The molecular weight excluding hydrogens is 370 g/mol. The molecular formula is C10H8ClN5O5S2. The van der Waals surface area contributed by atoms with Crippen molar-refractivity contribution in [2.75, 3.05) is 10.0 Å². The van der Waals surface area contributed by atoms with Gasteiger partial charge in [-0.25, -0.2) is 0 Å². The molecule has 0 aliphatic heterocycles. The van der Waals surface area contributed by atoms with Crippen LogP contribution in [0, 0.1) is 10.1 Å². The summed E-state index contributed by atoms with van der Waals surface area (Å²) in [6, 6.07) is 3.32. The van der Waals surface area contributed by atoms with E-state index in [0.717, 1.165) is 12.1 Å². The van der Waals surface area contributed by atoms with Crippen molar-refractivity contribution in [3.05, 3.63) is 33.3 Å². The zero-order chi connectivity index (χ0) is 17.2. The Kier molecular flexibility index (Phi) is 4.77. The maximum absolute atomic E-state index is 12.2. The topological polar surface area (TPSA) is 144 Å². The molecule has 0 bridgehead atoms. The van der Waals surface area contributed by atoms with Crippen LogP contribution in [0.4, 0.5) is 16.5 Å². The molecule has 0 unspecified atom stereocenters. The Bertz CT molecular complexity index is 882. The van der Waals surface area contributed by atoms with Gasteiger partial charge in [-0.15, -0.1) is 10.2 Å². The molecule has 122 valence electrons. The first-order valence-electron chi connectivity index (χ1n) is 5.77. The van der Waals surface area contributed by atoms with Crippen LogP contribution in [0.1, 0.15) is 6.92 Å². The Morgan fingerprint density at radius 3 is 2.70 bits per heavy atom. The summed E-state index contributed by atoms with van der Waals surface area (Å²) >= 11 is 6.45. The Hall–Kier alpha value is -2.31. The van der Waals surface area contributed by atoms with Gasteiger partial charge in [0.2, 0.25) is 11.0 Å². The van der Waals surface area contributed by atoms with Gasteiger partial charge in [0, 0.05) is 19.1 Å². The minimum absolute atomic E-state index is 0.00279. The number of carbonyl (C=O) groups excluding carboxylic acids is 1. The number of nitro benzene ring substituents is 1. The molecule has 1 amide bonds. The van der Waals surface area contributed by atoms with E-state index >= 15 is 0 Å². The molecule has 1 heterocycles. The first-order chi connectivity index (χ1) is 10.7. The van der Waals surface area contributed by atoms with Gasteiger partial charge in [-0.3, -0.25) is 19.6 Å². The number of hydrogen-bond donors (Lipinski definition) is 2. The molecule has 0 atom stereocenters. The van der Waals surface area contributed by atoms with Gasteiger partial charge in [0.15, 0.2) is 0 Å². The molecule has 0 fully saturated rings. The number of anilines is 2. The summed E-state index contributed by atoms with van der Waals surface area (Å²) in [5.41, 5.74) is -0.500. The molecule has 2 aromatic rings. The second-order valence-corrected chi connectivity index (χ2v) is 7.32. The average Bonchev–Trinajstić information content (AvgIpc) is 2.89. The van der Waals surface area contributed by atoms with E-state index in [2.05, 4.69) is 20.2 Å². The molecule has 0 aliphatic rings. The molecule has 0 aliphatic carbocycles. The predicted molar refractivity (Wildman–Crippen MR) is 83.1 cm³/mol. The summed E-state index contributed by atoms with van der Waals surface area (Å²) in [5, 5.41) is 20.0. The number of amides is 1. The van der Waals surface area contributed by atoms with Crippen molar-refractivity contribution >= 4 is 55.4 Å². The zero-order valence-corrected chi connectivity index (χ0v) is 13.7. The fourth-order valence-corrected chi connectivity index (χ4v) is 3.65. The number of hydrogen-bond acceptors (Lipinski definition) is 8. The number of nitro groups is 1. The highest BCUT2D eigenvalue weighted by molar-refractivity contribution is 7.94. The molecule has 0 spiro atoms. The number of rotatable bonds is 5. The summed E-state index contributed by atoms with van der Waals surface area (Å²) in [7, 11) is -4.16. The van der Waals surface area contributed by atoms with Crippen LogP contribution in [0.2, 0.25) is 5.02 Å². The van der Waals surface area contributed by atoms with E-state index in [1.165, 1.54) is 13.0 Å². The first kappa shape index (κ1) is 17.1. The molecule has 2 rings (SSSR count). The first-order valence-corrected chi connectivity index (χ1v) is 8.44. The van der Waals surface area contributed by atoms with Gasteiger partial charge in [-0.05, 0) is 6.07 Å². The van der Waals surface area contributed by atoms with E-state index in [0.29, 0.717) is 11.3 Å². The van der Waals surface area contributed by atoms with Crippen molar-refractivity contribution < 1.29 is 18.1 Å². The molecule has 1 aromatic heterocycles. The van der Waals surface area contributed by atoms with Crippen LogP contribution in [-0.2, 0) is 14.8 Å². The third-order valence-corrected chi connectivity index (χ3v) is 5.23. The number of nitrogens with zero attached hydrogens (tertiary/aromatic N) is 3. The van der Waals surface area contributed by atoms with Gasteiger partial charge >= 0.3 is 0 Å². The molecule has 13 heteroatoms. The molecule has 0 radical (unpaired) electrons. The van der Waals surface area contributed by atoms with Crippen LogP contribution < -0.4 is 10.0 Å². The van der Waals surface area contributed by atoms with Crippen LogP contribution in [-0.4, -0.2) is 29.4 Å². The Labute approximate surface area is 138 Å². The third-order valence-electron chi connectivity index (χ3n) is 2.32. The van der Waals surface area contributed by atoms with Gasteiger partial charge in [0.05, 0.1) is 15.6 Å². The second kappa shape index (κ2) is 6.44. The number of aromatic nitrogens is 2.